The van der Waals surface area contributed by atoms with Gasteiger partial charge in [0.15, 0.2) is 6.10 Å². The van der Waals surface area contributed by atoms with Crippen molar-refractivity contribution in [1.29, 1.82) is 0 Å². The number of nitrogens with zero attached hydrogens (tertiary/aromatic N) is 1. The van der Waals surface area contributed by atoms with E-state index in [2.05, 4.69) is 5.32 Å². The predicted molar refractivity (Wildman–Crippen MR) is 90.2 cm³/mol. The van der Waals surface area contributed by atoms with Crippen LogP contribution >= 0.6 is 11.6 Å². The van der Waals surface area contributed by atoms with Gasteiger partial charge in [0.1, 0.15) is 6.54 Å². The maximum atomic E-state index is 12.0. The van der Waals surface area contributed by atoms with Crippen LogP contribution in [0.4, 0.5) is 0 Å². The molecule has 25 heavy (non-hydrogen) atoms. The van der Waals surface area contributed by atoms with E-state index in [0.717, 1.165) is 16.2 Å². The van der Waals surface area contributed by atoms with Crippen LogP contribution < -0.4 is 16.6 Å². The first-order valence-electron chi connectivity index (χ1n) is 7.37. The van der Waals surface area contributed by atoms with Gasteiger partial charge in [0, 0.05) is 23.8 Å². The fraction of sp³-hybridized carbons (Fsp3) is 0.250. The minimum atomic E-state index is -1.05. The Hall–Kier alpha value is -2.87. The zero-order chi connectivity index (χ0) is 18.4. The summed E-state index contributed by atoms with van der Waals surface area (Å²) in [7, 11) is 0. The highest BCUT2D eigenvalue weighted by molar-refractivity contribution is 6.31. The van der Waals surface area contributed by atoms with Crippen molar-refractivity contribution in [3.8, 4) is 0 Å². The number of aromatic amines is 1. The molecule has 132 valence electrons. The lowest BCUT2D eigenvalue weighted by molar-refractivity contribution is -0.155. The van der Waals surface area contributed by atoms with E-state index in [1.54, 1.807) is 24.3 Å². The van der Waals surface area contributed by atoms with Gasteiger partial charge < -0.3 is 10.1 Å². The molecule has 1 heterocycles. The van der Waals surface area contributed by atoms with E-state index in [0.29, 0.717) is 5.02 Å². The van der Waals surface area contributed by atoms with E-state index in [4.69, 9.17) is 16.3 Å². The number of hydrogen-bond donors (Lipinski definition) is 2. The summed E-state index contributed by atoms with van der Waals surface area (Å²) in [5, 5.41) is 3.13. The topological polar surface area (TPSA) is 110 Å². The highest BCUT2D eigenvalue weighted by Gasteiger charge is 2.18. The number of esters is 1. The molecule has 1 atom stereocenters. The monoisotopic (exact) mass is 365 g/mol. The van der Waals surface area contributed by atoms with Crippen LogP contribution in [0.15, 0.2) is 46.1 Å². The van der Waals surface area contributed by atoms with E-state index in [1.165, 1.54) is 13.1 Å². The number of nitrogens with one attached hydrogen (secondary N) is 2. The van der Waals surface area contributed by atoms with Crippen molar-refractivity contribution in [2.45, 2.75) is 26.1 Å². The van der Waals surface area contributed by atoms with Crippen molar-refractivity contribution in [2.24, 2.45) is 0 Å². The summed E-state index contributed by atoms with van der Waals surface area (Å²) in [5.74, 6) is -1.28. The van der Waals surface area contributed by atoms with Crippen LogP contribution in [0, 0.1) is 0 Å². The molecule has 0 aliphatic rings. The molecule has 1 aromatic heterocycles. The van der Waals surface area contributed by atoms with Gasteiger partial charge in [0.25, 0.3) is 11.5 Å². The Bertz CT molecular complexity index is 890. The van der Waals surface area contributed by atoms with Crippen LogP contribution in [0.1, 0.15) is 12.5 Å². The summed E-state index contributed by atoms with van der Waals surface area (Å²) in [5.41, 5.74) is -0.571. The molecule has 8 nitrogen and oxygen atoms in total. The van der Waals surface area contributed by atoms with Gasteiger partial charge in [-0.1, -0.05) is 29.8 Å². The lowest BCUT2D eigenvalue weighted by Gasteiger charge is -2.14. The highest BCUT2D eigenvalue weighted by Crippen LogP contribution is 2.14. The second-order valence-corrected chi connectivity index (χ2v) is 5.59. The van der Waals surface area contributed by atoms with E-state index < -0.39 is 35.8 Å². The molecule has 1 amide bonds. The number of benzene rings is 1. The number of H-pyrrole nitrogens is 1. The average Bonchev–Trinajstić information content (AvgIpc) is 2.56. The van der Waals surface area contributed by atoms with Crippen LogP contribution in [0.25, 0.3) is 0 Å². The molecule has 0 saturated heterocycles. The number of rotatable bonds is 6. The molecule has 0 aliphatic carbocycles. The smallest absolute Gasteiger partial charge is 0.328 e. The summed E-state index contributed by atoms with van der Waals surface area (Å²) < 4.78 is 5.95. The van der Waals surface area contributed by atoms with Gasteiger partial charge in [0.05, 0.1) is 0 Å². The number of carbonyl (C=O) groups is 2. The summed E-state index contributed by atoms with van der Waals surface area (Å²) in [6.45, 7) is 1.19. The molecule has 0 saturated carbocycles. The number of carbonyl (C=O) groups excluding carboxylic acids is 2. The first-order chi connectivity index (χ1) is 11.9. The van der Waals surface area contributed by atoms with Crippen LogP contribution in [-0.4, -0.2) is 27.5 Å². The van der Waals surface area contributed by atoms with Gasteiger partial charge in [-0.3, -0.25) is 23.9 Å². The molecule has 0 bridgehead atoms. The summed E-state index contributed by atoms with van der Waals surface area (Å²) in [6.07, 6.45) is 0.123. The van der Waals surface area contributed by atoms with Crippen molar-refractivity contribution >= 4 is 23.5 Å². The Morgan fingerprint density at radius 1 is 1.28 bits per heavy atom. The van der Waals surface area contributed by atoms with Gasteiger partial charge >= 0.3 is 11.7 Å². The zero-order valence-electron chi connectivity index (χ0n) is 13.3. The summed E-state index contributed by atoms with van der Waals surface area (Å²) in [4.78, 5) is 48.3. The minimum Gasteiger partial charge on any atom is -0.451 e. The quantitative estimate of drug-likeness (QED) is 0.722. The summed E-state index contributed by atoms with van der Waals surface area (Å²) >= 11 is 5.99. The molecule has 2 rings (SSSR count). The van der Waals surface area contributed by atoms with Gasteiger partial charge in [-0.2, -0.15) is 0 Å². The minimum absolute atomic E-state index is 0.194. The largest absolute Gasteiger partial charge is 0.451 e. The Balaban J connectivity index is 1.87. The number of amides is 1. The number of hydrogen-bond acceptors (Lipinski definition) is 5. The van der Waals surface area contributed by atoms with Gasteiger partial charge in [-0.25, -0.2) is 4.79 Å². The third-order valence-corrected chi connectivity index (χ3v) is 3.65. The van der Waals surface area contributed by atoms with E-state index in [1.807, 2.05) is 4.98 Å². The van der Waals surface area contributed by atoms with Crippen LogP contribution in [0.5, 0.6) is 0 Å². The lowest BCUT2D eigenvalue weighted by atomic mass is 10.2. The van der Waals surface area contributed by atoms with Crippen molar-refractivity contribution in [3.05, 3.63) is 68.0 Å². The standard InChI is InChI=1S/C16H16ClN3O5/c1-10(15(23)18-8-11-4-2-3-5-12(11)17)25-14(22)9-20-7-6-13(21)19-16(20)24/h2-7,10H,8-9H2,1H3,(H,18,23)(H,19,21,24)/t10-/m0/s1. The Kier molecular flexibility index (Phi) is 6.13. The van der Waals surface area contributed by atoms with Crippen molar-refractivity contribution in [2.75, 3.05) is 0 Å². The Labute approximate surface area is 147 Å². The second-order valence-electron chi connectivity index (χ2n) is 5.18. The molecule has 2 aromatic rings. The van der Waals surface area contributed by atoms with Gasteiger partial charge in [-0.15, -0.1) is 0 Å². The van der Waals surface area contributed by atoms with Gasteiger partial charge in [0.2, 0.25) is 0 Å². The van der Waals surface area contributed by atoms with Crippen molar-refractivity contribution in [1.82, 2.24) is 14.9 Å². The average molecular weight is 366 g/mol. The first kappa shape index (κ1) is 18.5. The highest BCUT2D eigenvalue weighted by atomic mass is 35.5. The molecule has 0 unspecified atom stereocenters. The molecule has 0 aliphatic heterocycles. The molecule has 1 aromatic carbocycles. The number of aromatic nitrogens is 2. The van der Waals surface area contributed by atoms with E-state index in [9.17, 15) is 19.2 Å². The van der Waals surface area contributed by atoms with Gasteiger partial charge in [-0.05, 0) is 18.6 Å². The summed E-state index contributed by atoms with van der Waals surface area (Å²) in [6, 6.07) is 8.14. The van der Waals surface area contributed by atoms with Crippen LogP contribution in [0.2, 0.25) is 5.02 Å². The lowest BCUT2D eigenvalue weighted by Crippen LogP contribution is -2.37. The van der Waals surface area contributed by atoms with Crippen molar-refractivity contribution in [3.63, 3.8) is 0 Å². The Morgan fingerprint density at radius 2 is 2.00 bits per heavy atom. The second kappa shape index (κ2) is 8.29. The van der Waals surface area contributed by atoms with Crippen LogP contribution in [0.3, 0.4) is 0 Å². The van der Waals surface area contributed by atoms with Crippen molar-refractivity contribution < 1.29 is 14.3 Å². The first-order valence-corrected chi connectivity index (χ1v) is 7.75. The molecule has 0 spiro atoms. The predicted octanol–water partition coefficient (Wildman–Crippen LogP) is 0.438. The molecule has 0 fully saturated rings. The maximum absolute atomic E-state index is 12.0. The molecule has 9 heteroatoms. The molecule has 2 N–H and O–H groups in total. The fourth-order valence-corrected chi connectivity index (χ4v) is 2.17. The fourth-order valence-electron chi connectivity index (χ4n) is 1.96. The Morgan fingerprint density at radius 3 is 2.68 bits per heavy atom. The number of ether oxygens (including phenoxy) is 1. The third kappa shape index (κ3) is 5.32. The SMILES string of the molecule is C[C@H](OC(=O)Cn1ccc(=O)[nH]c1=O)C(=O)NCc1ccccc1Cl. The molecular weight excluding hydrogens is 350 g/mol. The molecule has 0 radical (unpaired) electrons. The molecular formula is C16H16ClN3O5. The normalized spacial score (nSPS) is 11.6. The van der Waals surface area contributed by atoms with E-state index >= 15 is 0 Å². The maximum Gasteiger partial charge on any atom is 0.328 e. The third-order valence-electron chi connectivity index (χ3n) is 3.28. The van der Waals surface area contributed by atoms with Crippen LogP contribution in [-0.2, 0) is 27.4 Å². The zero-order valence-corrected chi connectivity index (χ0v) is 14.1. The number of halogens is 1. The van der Waals surface area contributed by atoms with E-state index in [-0.39, 0.29) is 6.54 Å².